The Morgan fingerprint density at radius 2 is 1.08 bits per heavy atom. The molecule has 0 spiro atoms. The molecule has 5 atom stereocenters. The van der Waals surface area contributed by atoms with Gasteiger partial charge in [-0.15, -0.1) is 0 Å². The quantitative estimate of drug-likeness (QED) is 0.0897. The first-order valence-electron chi connectivity index (χ1n) is 13.6. The van der Waals surface area contributed by atoms with Crippen molar-refractivity contribution in [3.05, 3.63) is 0 Å². The van der Waals surface area contributed by atoms with Crippen LogP contribution in [0.3, 0.4) is 0 Å². The van der Waals surface area contributed by atoms with Crippen LogP contribution in [-0.4, -0.2) is 126 Å². The Labute approximate surface area is 327 Å². The summed E-state index contributed by atoms with van der Waals surface area (Å²) in [7, 11) is -5.49. The van der Waals surface area contributed by atoms with Gasteiger partial charge in [0, 0.05) is 35.2 Å². The van der Waals surface area contributed by atoms with Gasteiger partial charge in [0.15, 0.2) is 0 Å². The first kappa shape index (κ1) is 63.3. The summed E-state index contributed by atoms with van der Waals surface area (Å²) in [5.41, 5.74) is 5.19. The van der Waals surface area contributed by atoms with Crippen LogP contribution in [0.2, 0.25) is 0 Å². The molecule has 0 aromatic carbocycles. The van der Waals surface area contributed by atoms with Crippen molar-refractivity contribution < 1.29 is 51.4 Å². The minimum atomic E-state index is -2.75. The Hall–Kier alpha value is 0.190. The lowest BCUT2D eigenvalue weighted by Crippen LogP contribution is -2.29. The van der Waals surface area contributed by atoms with Crippen LogP contribution in [0, 0.1) is 0 Å². The molecule has 290 valence electrons. The van der Waals surface area contributed by atoms with E-state index in [9.17, 15) is 37.2 Å². The summed E-state index contributed by atoms with van der Waals surface area (Å²) in [6, 6.07) is -0.372. The molecule has 0 radical (unpaired) electrons. The summed E-state index contributed by atoms with van der Waals surface area (Å²) in [5.74, 6) is 8.28. The Kier molecular flexibility index (Phi) is 54.8. The highest BCUT2D eigenvalue weighted by molar-refractivity contribution is 7.96. The molecule has 0 aliphatic heterocycles. The van der Waals surface area contributed by atoms with Gasteiger partial charge in [0.25, 0.3) is 0 Å². The molecule has 5 N–H and O–H groups in total. The number of ketones is 5. The van der Waals surface area contributed by atoms with Crippen LogP contribution in [0.4, 0.5) is 0 Å². The molecule has 0 amide bonds. The number of carboxylic acids is 1. The third-order valence-electron chi connectivity index (χ3n) is 3.86. The number of nitrogens with two attached hydrogens (primary N) is 1. The monoisotopic (exact) mass is 859 g/mol. The third-order valence-corrected chi connectivity index (χ3v) is 8.45. The Morgan fingerprint density at radius 1 is 0.708 bits per heavy atom. The molecular formula is C27H57NO11S9. The first-order chi connectivity index (χ1) is 21.5. The number of thiol groups is 7. The summed E-state index contributed by atoms with van der Waals surface area (Å²) >= 11 is 26.5. The van der Waals surface area contributed by atoms with E-state index in [1.165, 1.54) is 27.7 Å². The second kappa shape index (κ2) is 41.6. The second-order valence-corrected chi connectivity index (χ2v) is 16.5. The predicted molar refractivity (Wildman–Crippen MR) is 229 cm³/mol. The zero-order valence-corrected chi connectivity index (χ0v) is 36.2. The molecule has 0 aliphatic rings. The second-order valence-electron chi connectivity index (χ2n) is 9.20. The van der Waals surface area contributed by atoms with Crippen LogP contribution in [0.5, 0.6) is 0 Å². The van der Waals surface area contributed by atoms with Crippen LogP contribution >= 0.6 is 88.4 Å². The van der Waals surface area contributed by atoms with E-state index in [0.717, 1.165) is 0 Å². The Bertz CT molecular complexity index is 1080. The first-order valence-corrected chi connectivity index (χ1v) is 21.5. The fourth-order valence-electron chi connectivity index (χ4n) is 1.03. The summed E-state index contributed by atoms with van der Waals surface area (Å²) in [6.07, 6.45) is 1.06. The molecule has 0 fully saturated rings. The maximum Gasteiger partial charge on any atom is 0.304 e. The van der Waals surface area contributed by atoms with Gasteiger partial charge in [0.05, 0.1) is 42.6 Å². The number of hydrogen-bond acceptors (Lipinski definition) is 16. The van der Waals surface area contributed by atoms with Crippen molar-refractivity contribution in [3.63, 3.8) is 0 Å². The highest BCUT2D eigenvalue weighted by Gasteiger charge is 2.11. The normalized spacial score (nSPS) is 13.6. The summed E-state index contributed by atoms with van der Waals surface area (Å²) < 4.78 is 37.5. The van der Waals surface area contributed by atoms with Gasteiger partial charge in [-0.25, -0.2) is 8.42 Å². The lowest BCUT2D eigenvalue weighted by atomic mass is 10.2. The molecule has 0 saturated carbocycles. The van der Waals surface area contributed by atoms with Crippen molar-refractivity contribution in [2.45, 2.75) is 77.3 Å². The number of aliphatic carboxylic acids is 1. The average molecular weight is 860 g/mol. The molecule has 0 rings (SSSR count). The van der Waals surface area contributed by atoms with E-state index >= 15 is 0 Å². The zero-order chi connectivity index (χ0) is 40.3. The fraction of sp³-hybridized carbons (Fsp3) is 0.704. The smallest absolute Gasteiger partial charge is 0.304 e. The van der Waals surface area contributed by atoms with Gasteiger partial charge in [0.1, 0.15) is 28.9 Å². The van der Waals surface area contributed by atoms with Gasteiger partial charge in [-0.2, -0.15) is 88.4 Å². The van der Waals surface area contributed by atoms with Gasteiger partial charge < -0.3 is 19.9 Å². The number of Topliss-reactive ketones (excluding diaryl/α,β-unsaturated/α-hetero) is 5. The topological polar surface area (TPSA) is 223 Å². The van der Waals surface area contributed by atoms with Gasteiger partial charge in [-0.1, -0.05) is 0 Å². The van der Waals surface area contributed by atoms with E-state index in [1.54, 1.807) is 13.8 Å². The molecular weight excluding hydrogens is 803 g/mol. The molecule has 0 heterocycles. The summed E-state index contributed by atoms with van der Waals surface area (Å²) in [6.45, 7) is 9.13. The number of hydrogen-bond donors (Lipinski definition) is 11. The maximum absolute atomic E-state index is 10.4. The molecule has 0 saturated heterocycles. The third kappa shape index (κ3) is 91.0. The van der Waals surface area contributed by atoms with E-state index in [2.05, 4.69) is 100 Å². The van der Waals surface area contributed by atoms with Crippen LogP contribution in [-0.2, 0) is 48.4 Å². The number of carboxylic acid groups (broad SMARTS) is 1. The van der Waals surface area contributed by atoms with E-state index in [1.807, 2.05) is 0 Å². The zero-order valence-electron chi connectivity index (χ0n) is 28.3. The maximum atomic E-state index is 10.4. The molecule has 12 nitrogen and oxygen atoms in total. The van der Waals surface area contributed by atoms with E-state index in [0.29, 0.717) is 41.6 Å². The molecule has 0 aliphatic carbocycles. The minimum Gasteiger partial charge on any atom is -0.481 e. The van der Waals surface area contributed by atoms with Gasteiger partial charge >= 0.3 is 5.97 Å². The average Bonchev–Trinajstić information content (AvgIpc) is 2.91. The minimum absolute atomic E-state index is 0.00463. The largest absolute Gasteiger partial charge is 0.481 e. The lowest BCUT2D eigenvalue weighted by molar-refractivity contribution is -0.138. The van der Waals surface area contributed by atoms with E-state index < -0.39 is 30.8 Å². The van der Waals surface area contributed by atoms with Crippen molar-refractivity contribution in [2.24, 2.45) is 5.73 Å². The summed E-state index contributed by atoms with van der Waals surface area (Å²) in [4.78, 5) is 60.3. The number of carbonyl (C=O) groups excluding carboxylic acids is 5. The fourth-order valence-corrected chi connectivity index (χ4v) is 3.86. The van der Waals surface area contributed by atoms with Crippen molar-refractivity contribution in [2.75, 3.05) is 40.3 Å². The van der Waals surface area contributed by atoms with Crippen LogP contribution in [0.25, 0.3) is 0 Å². The van der Waals surface area contributed by atoms with Crippen molar-refractivity contribution >= 4 is 155 Å². The molecule has 0 aromatic heterocycles. The number of rotatable bonds is 14. The standard InChI is InChI=1S/C5H8O3S.C4H9NOS.C4H10O2S2.2C4H8OS.C3H8O2S2.C3H6OS/c1-3(6)4(9)2-5(7)8;1-3(6)4(5)2-7;1-8(5,6)4-2-3-7;1-4(5)2-3-6;1-3(5)4(2)6;1-7(4,5)3-2-6;1-3(4)2-5/h4,9H,2H2,1H3,(H,7,8);4,7H,2,5H2,1H3;7H,1-4H2,(H,5,6);6H,2-3H2,1H3;4,6H,1-2H3;6H,1-3H2,(H,4,5);5H,2H2,1H3/t;4-;;;;;/m.0...../s1. The van der Waals surface area contributed by atoms with Crippen molar-refractivity contribution in [3.8, 4) is 0 Å². The Balaban J connectivity index is -0.0000000823. The lowest BCUT2D eigenvalue weighted by Gasteiger charge is -1.99. The van der Waals surface area contributed by atoms with E-state index in [-0.39, 0.29) is 58.1 Å². The molecule has 0 bridgehead atoms. The van der Waals surface area contributed by atoms with Crippen LogP contribution in [0.15, 0.2) is 0 Å². The molecule has 21 heteroatoms. The summed E-state index contributed by atoms with van der Waals surface area (Å²) in [5, 5.41) is 7.39. The molecule has 0 aromatic rings. The van der Waals surface area contributed by atoms with Gasteiger partial charge in [-0.3, -0.25) is 28.8 Å². The highest BCUT2D eigenvalue weighted by atomic mass is 32.2. The highest BCUT2D eigenvalue weighted by Crippen LogP contribution is 2.01. The van der Waals surface area contributed by atoms with Crippen molar-refractivity contribution in [1.29, 1.82) is 0 Å². The number of carbonyl (C=O) groups is 6. The molecule has 4 unspecified atom stereocenters. The van der Waals surface area contributed by atoms with Gasteiger partial charge in [-0.05, 0) is 71.2 Å². The molecule has 48 heavy (non-hydrogen) atoms. The van der Waals surface area contributed by atoms with Crippen LogP contribution in [0.1, 0.15) is 60.8 Å². The van der Waals surface area contributed by atoms with Crippen molar-refractivity contribution in [1.82, 2.24) is 0 Å². The van der Waals surface area contributed by atoms with Gasteiger partial charge in [0.2, 0.25) is 0 Å². The Morgan fingerprint density at radius 3 is 1.12 bits per heavy atom. The SMILES string of the molecule is C=S(=O)(O)CCCS.C=S(=O)(O)CCS.CC(=O)C(C)S.CC(=O)C(S)CC(=O)O.CC(=O)CCS.CC(=O)CS.CC(=O)[C@@H](N)CS. The predicted octanol–water partition coefficient (Wildman–Crippen LogP) is 3.08. The van der Waals surface area contributed by atoms with E-state index in [4.69, 9.17) is 19.9 Å². The van der Waals surface area contributed by atoms with Crippen LogP contribution < -0.4 is 5.73 Å².